The van der Waals surface area contributed by atoms with Crippen LogP contribution in [0.4, 0.5) is 18.0 Å². The minimum absolute atomic E-state index is 0.144. The Bertz CT molecular complexity index is 527. The Morgan fingerprint density at radius 3 is 2.35 bits per heavy atom. The van der Waals surface area contributed by atoms with E-state index >= 15 is 0 Å². The topological polar surface area (TPSA) is 50.4 Å². The summed E-state index contributed by atoms with van der Waals surface area (Å²) in [6.07, 6.45) is -2.06. The summed E-state index contributed by atoms with van der Waals surface area (Å²) in [5, 5.41) is 5.71. The first-order valence-electron chi connectivity index (χ1n) is 7.61. The SMILES string of the molecule is CC(NC(=O)NC(C)C1CC1)c1ccc(OCC(F)(F)F)cc1. The molecule has 2 amide bonds. The minimum Gasteiger partial charge on any atom is -0.484 e. The number of benzene rings is 1. The molecule has 0 saturated heterocycles. The standard InChI is InChI=1S/C16H21F3N2O2/c1-10(12-3-4-12)20-15(22)21-11(2)13-5-7-14(8-6-13)23-9-16(17,18)19/h5-8,10-12H,3-4,9H2,1-2H3,(H2,20,21,22). The number of amides is 2. The lowest BCUT2D eigenvalue weighted by Gasteiger charge is -2.18. The van der Waals surface area contributed by atoms with Crippen LogP contribution in [-0.2, 0) is 0 Å². The van der Waals surface area contributed by atoms with Gasteiger partial charge in [-0.05, 0) is 50.3 Å². The fourth-order valence-electron chi connectivity index (χ4n) is 2.26. The van der Waals surface area contributed by atoms with Crippen molar-refractivity contribution >= 4 is 6.03 Å². The summed E-state index contributed by atoms with van der Waals surface area (Å²) in [6, 6.07) is 5.86. The number of hydrogen-bond acceptors (Lipinski definition) is 2. The predicted octanol–water partition coefficient (Wildman–Crippen LogP) is 3.79. The predicted molar refractivity (Wildman–Crippen MR) is 80.3 cm³/mol. The highest BCUT2D eigenvalue weighted by molar-refractivity contribution is 5.74. The Balaban J connectivity index is 1.81. The molecule has 2 N–H and O–H groups in total. The lowest BCUT2D eigenvalue weighted by molar-refractivity contribution is -0.153. The molecule has 1 aromatic rings. The molecular formula is C16H21F3N2O2. The van der Waals surface area contributed by atoms with E-state index in [-0.39, 0.29) is 23.9 Å². The van der Waals surface area contributed by atoms with Gasteiger partial charge in [-0.15, -0.1) is 0 Å². The van der Waals surface area contributed by atoms with Gasteiger partial charge in [0.05, 0.1) is 6.04 Å². The van der Waals surface area contributed by atoms with Crippen molar-refractivity contribution in [2.24, 2.45) is 5.92 Å². The van der Waals surface area contributed by atoms with Gasteiger partial charge in [-0.2, -0.15) is 13.2 Å². The first-order chi connectivity index (χ1) is 10.7. The largest absolute Gasteiger partial charge is 0.484 e. The van der Waals surface area contributed by atoms with Gasteiger partial charge in [0.1, 0.15) is 5.75 Å². The van der Waals surface area contributed by atoms with Crippen molar-refractivity contribution in [3.8, 4) is 5.75 Å². The van der Waals surface area contributed by atoms with Gasteiger partial charge in [0.15, 0.2) is 6.61 Å². The zero-order valence-electron chi connectivity index (χ0n) is 13.1. The van der Waals surface area contributed by atoms with Gasteiger partial charge in [-0.1, -0.05) is 12.1 Å². The summed E-state index contributed by atoms with van der Waals surface area (Å²) in [6.45, 7) is 2.48. The average molecular weight is 330 g/mol. The summed E-state index contributed by atoms with van der Waals surface area (Å²) in [5.41, 5.74) is 0.790. The van der Waals surface area contributed by atoms with Crippen LogP contribution in [0.1, 0.15) is 38.3 Å². The number of carbonyl (C=O) groups is 1. The maximum Gasteiger partial charge on any atom is 0.422 e. The second kappa shape index (κ2) is 7.10. The Labute approximate surface area is 133 Å². The Kier molecular flexibility index (Phi) is 5.38. The molecule has 2 rings (SSSR count). The van der Waals surface area contributed by atoms with Crippen molar-refractivity contribution in [2.45, 2.75) is 44.9 Å². The van der Waals surface area contributed by atoms with Gasteiger partial charge in [0.25, 0.3) is 0 Å². The second-order valence-corrected chi connectivity index (χ2v) is 5.94. The Morgan fingerprint density at radius 2 is 1.83 bits per heavy atom. The highest BCUT2D eigenvalue weighted by Crippen LogP contribution is 2.32. The van der Waals surface area contributed by atoms with Gasteiger partial charge in [0, 0.05) is 6.04 Å². The normalized spacial score (nSPS) is 17.3. The van der Waals surface area contributed by atoms with E-state index in [0.29, 0.717) is 5.92 Å². The van der Waals surface area contributed by atoms with Crippen LogP contribution in [0.2, 0.25) is 0 Å². The maximum atomic E-state index is 12.1. The molecule has 0 aliphatic heterocycles. The van der Waals surface area contributed by atoms with Crippen molar-refractivity contribution in [1.82, 2.24) is 10.6 Å². The number of hydrogen-bond donors (Lipinski definition) is 2. The number of nitrogens with one attached hydrogen (secondary N) is 2. The van der Waals surface area contributed by atoms with Crippen LogP contribution < -0.4 is 15.4 Å². The van der Waals surface area contributed by atoms with E-state index < -0.39 is 12.8 Å². The smallest absolute Gasteiger partial charge is 0.422 e. The van der Waals surface area contributed by atoms with Crippen LogP contribution in [0.5, 0.6) is 5.75 Å². The van der Waals surface area contributed by atoms with Crippen molar-refractivity contribution in [3.05, 3.63) is 29.8 Å². The lowest BCUT2D eigenvalue weighted by atomic mass is 10.1. The number of rotatable bonds is 6. The Morgan fingerprint density at radius 1 is 1.22 bits per heavy atom. The second-order valence-electron chi connectivity index (χ2n) is 5.94. The number of halogens is 3. The molecule has 4 nitrogen and oxygen atoms in total. The van der Waals surface area contributed by atoms with Gasteiger partial charge >= 0.3 is 12.2 Å². The third-order valence-corrected chi connectivity index (χ3v) is 3.82. The fraction of sp³-hybridized carbons (Fsp3) is 0.562. The molecule has 23 heavy (non-hydrogen) atoms. The molecule has 0 heterocycles. The van der Waals surface area contributed by atoms with Crippen LogP contribution in [0.25, 0.3) is 0 Å². The van der Waals surface area contributed by atoms with E-state index in [1.165, 1.54) is 12.1 Å². The molecule has 2 unspecified atom stereocenters. The minimum atomic E-state index is -4.36. The summed E-state index contributed by atoms with van der Waals surface area (Å²) in [4.78, 5) is 11.9. The number of carbonyl (C=O) groups excluding carboxylic acids is 1. The van der Waals surface area contributed by atoms with Crippen molar-refractivity contribution < 1.29 is 22.7 Å². The summed E-state index contributed by atoms with van der Waals surface area (Å²) in [5.74, 6) is 0.714. The molecule has 1 aliphatic carbocycles. The molecular weight excluding hydrogens is 309 g/mol. The number of urea groups is 1. The quantitative estimate of drug-likeness (QED) is 0.834. The molecule has 1 aromatic carbocycles. The zero-order valence-corrected chi connectivity index (χ0v) is 13.1. The summed E-state index contributed by atoms with van der Waals surface area (Å²) < 4.78 is 40.9. The summed E-state index contributed by atoms with van der Waals surface area (Å²) in [7, 11) is 0. The van der Waals surface area contributed by atoms with Crippen molar-refractivity contribution in [1.29, 1.82) is 0 Å². The highest BCUT2D eigenvalue weighted by atomic mass is 19.4. The first-order valence-corrected chi connectivity index (χ1v) is 7.61. The Hall–Kier alpha value is -1.92. The highest BCUT2D eigenvalue weighted by Gasteiger charge is 2.29. The van der Waals surface area contributed by atoms with Gasteiger partial charge in [-0.3, -0.25) is 0 Å². The molecule has 0 aromatic heterocycles. The molecule has 7 heteroatoms. The molecule has 1 saturated carbocycles. The fourth-order valence-corrected chi connectivity index (χ4v) is 2.26. The molecule has 2 atom stereocenters. The number of ether oxygens (including phenoxy) is 1. The van der Waals surface area contributed by atoms with Gasteiger partial charge < -0.3 is 15.4 Å². The van der Waals surface area contributed by atoms with E-state index in [0.717, 1.165) is 18.4 Å². The molecule has 0 bridgehead atoms. The van der Waals surface area contributed by atoms with Gasteiger partial charge in [-0.25, -0.2) is 4.79 Å². The summed E-state index contributed by atoms with van der Waals surface area (Å²) >= 11 is 0. The molecule has 0 radical (unpaired) electrons. The molecule has 1 fully saturated rings. The average Bonchev–Trinajstić information content (AvgIpc) is 3.29. The first kappa shape index (κ1) is 17.4. The third-order valence-electron chi connectivity index (χ3n) is 3.82. The van der Waals surface area contributed by atoms with Crippen molar-refractivity contribution in [2.75, 3.05) is 6.61 Å². The molecule has 1 aliphatic rings. The van der Waals surface area contributed by atoms with Crippen LogP contribution >= 0.6 is 0 Å². The maximum absolute atomic E-state index is 12.1. The van der Waals surface area contributed by atoms with E-state index in [9.17, 15) is 18.0 Å². The van der Waals surface area contributed by atoms with E-state index in [4.69, 9.17) is 0 Å². The van der Waals surface area contributed by atoms with E-state index in [1.807, 2.05) is 13.8 Å². The van der Waals surface area contributed by atoms with Crippen molar-refractivity contribution in [3.63, 3.8) is 0 Å². The molecule has 128 valence electrons. The van der Waals surface area contributed by atoms with Gasteiger partial charge in [0.2, 0.25) is 0 Å². The van der Waals surface area contributed by atoms with Crippen LogP contribution in [0, 0.1) is 5.92 Å². The molecule has 0 spiro atoms. The van der Waals surface area contributed by atoms with Crippen LogP contribution in [-0.4, -0.2) is 24.9 Å². The van der Waals surface area contributed by atoms with E-state index in [1.54, 1.807) is 12.1 Å². The van der Waals surface area contributed by atoms with Crippen LogP contribution in [0.15, 0.2) is 24.3 Å². The zero-order chi connectivity index (χ0) is 17.0. The third kappa shape index (κ3) is 6.00. The monoisotopic (exact) mass is 330 g/mol. The van der Waals surface area contributed by atoms with Crippen LogP contribution in [0.3, 0.4) is 0 Å². The van der Waals surface area contributed by atoms with E-state index in [2.05, 4.69) is 15.4 Å². The number of alkyl halides is 3. The lowest BCUT2D eigenvalue weighted by Crippen LogP contribution is -2.42.